The number of halogens is 1. The number of benzene rings is 1. The molecule has 0 N–H and O–H groups in total. The van der Waals surface area contributed by atoms with Gasteiger partial charge in [-0.1, -0.05) is 41.9 Å². The number of aryl methyl sites for hydroxylation is 1. The summed E-state index contributed by atoms with van der Waals surface area (Å²) in [6.45, 7) is 4.73. The highest BCUT2D eigenvalue weighted by Crippen LogP contribution is 2.20. The smallest absolute Gasteiger partial charge is 0.218 e. The monoisotopic (exact) mass is 303 g/mol. The number of ether oxygens (including phenoxy) is 1. The minimum Gasteiger partial charge on any atom is -0.473 e. The molecule has 1 saturated heterocycles. The molecule has 1 fully saturated rings. The third kappa shape index (κ3) is 3.93. The average molecular weight is 304 g/mol. The summed E-state index contributed by atoms with van der Waals surface area (Å²) in [5, 5.41) is 0.427. The van der Waals surface area contributed by atoms with Crippen molar-refractivity contribution in [1.82, 2.24) is 14.9 Å². The maximum atomic E-state index is 5.93. The van der Waals surface area contributed by atoms with Crippen molar-refractivity contribution in [1.29, 1.82) is 0 Å². The van der Waals surface area contributed by atoms with E-state index in [9.17, 15) is 0 Å². The van der Waals surface area contributed by atoms with E-state index in [1.54, 1.807) is 6.07 Å². The van der Waals surface area contributed by atoms with Crippen molar-refractivity contribution >= 4 is 11.6 Å². The first-order chi connectivity index (χ1) is 10.2. The molecular formula is C16H18ClN3O. The molecule has 1 unspecified atom stereocenters. The fourth-order valence-electron chi connectivity index (χ4n) is 2.62. The van der Waals surface area contributed by atoms with E-state index >= 15 is 0 Å². The molecule has 0 radical (unpaired) electrons. The van der Waals surface area contributed by atoms with Gasteiger partial charge < -0.3 is 4.74 Å². The molecule has 1 aliphatic heterocycles. The van der Waals surface area contributed by atoms with Crippen LogP contribution in [0.5, 0.6) is 5.88 Å². The predicted molar refractivity (Wildman–Crippen MR) is 82.5 cm³/mol. The van der Waals surface area contributed by atoms with Crippen molar-refractivity contribution in [3.05, 3.63) is 52.9 Å². The number of likely N-dealkylation sites (tertiary alicyclic amines) is 1. The summed E-state index contributed by atoms with van der Waals surface area (Å²) in [6.07, 6.45) is 1.17. The van der Waals surface area contributed by atoms with Crippen LogP contribution >= 0.6 is 11.6 Å². The normalized spacial score (nSPS) is 18.9. The van der Waals surface area contributed by atoms with Crippen LogP contribution in [-0.4, -0.2) is 34.1 Å². The summed E-state index contributed by atoms with van der Waals surface area (Å²) < 4.78 is 5.93. The topological polar surface area (TPSA) is 38.2 Å². The lowest BCUT2D eigenvalue weighted by Gasteiger charge is -2.16. The molecule has 0 amide bonds. The number of hydrogen-bond donors (Lipinski definition) is 0. The molecule has 1 aromatic heterocycles. The van der Waals surface area contributed by atoms with Crippen molar-refractivity contribution in [2.45, 2.75) is 26.0 Å². The fraction of sp³-hybridized carbons (Fsp3) is 0.375. The van der Waals surface area contributed by atoms with Crippen molar-refractivity contribution in [2.75, 3.05) is 13.1 Å². The SMILES string of the molecule is Cc1nc(Cl)cc(OC2CCN(Cc3ccccc3)C2)n1. The van der Waals surface area contributed by atoms with Crippen molar-refractivity contribution in [3.63, 3.8) is 0 Å². The van der Waals surface area contributed by atoms with E-state index in [2.05, 4.69) is 39.1 Å². The van der Waals surface area contributed by atoms with Gasteiger partial charge in [0.25, 0.3) is 0 Å². The van der Waals surface area contributed by atoms with Gasteiger partial charge in [0.05, 0.1) is 0 Å². The van der Waals surface area contributed by atoms with E-state index < -0.39 is 0 Å². The molecule has 0 spiro atoms. The van der Waals surface area contributed by atoms with E-state index in [0.717, 1.165) is 26.1 Å². The van der Waals surface area contributed by atoms with E-state index in [1.807, 2.05) is 13.0 Å². The van der Waals surface area contributed by atoms with Crippen molar-refractivity contribution in [3.8, 4) is 5.88 Å². The highest BCUT2D eigenvalue weighted by molar-refractivity contribution is 6.29. The van der Waals surface area contributed by atoms with Gasteiger partial charge in [0.2, 0.25) is 5.88 Å². The summed E-state index contributed by atoms with van der Waals surface area (Å²) in [5.74, 6) is 1.20. The van der Waals surface area contributed by atoms with Crippen LogP contribution in [0, 0.1) is 6.92 Å². The van der Waals surface area contributed by atoms with Gasteiger partial charge in [0.1, 0.15) is 17.1 Å². The summed E-state index contributed by atoms with van der Waals surface area (Å²) >= 11 is 5.93. The molecule has 1 aromatic carbocycles. The summed E-state index contributed by atoms with van der Waals surface area (Å²) in [7, 11) is 0. The maximum absolute atomic E-state index is 5.93. The first kappa shape index (κ1) is 14.3. The lowest BCUT2D eigenvalue weighted by Crippen LogP contribution is -2.24. The lowest BCUT2D eigenvalue weighted by atomic mass is 10.2. The van der Waals surface area contributed by atoms with E-state index in [1.165, 1.54) is 5.56 Å². The van der Waals surface area contributed by atoms with Gasteiger partial charge >= 0.3 is 0 Å². The Labute approximate surface area is 129 Å². The Bertz CT molecular complexity index is 585. The molecule has 5 heteroatoms. The second kappa shape index (κ2) is 6.41. The Morgan fingerprint density at radius 3 is 2.86 bits per heavy atom. The van der Waals surface area contributed by atoms with E-state index in [-0.39, 0.29) is 6.10 Å². The van der Waals surface area contributed by atoms with E-state index in [0.29, 0.717) is 16.9 Å². The first-order valence-corrected chi connectivity index (χ1v) is 7.51. The number of nitrogens with zero attached hydrogens (tertiary/aromatic N) is 3. The lowest BCUT2D eigenvalue weighted by molar-refractivity contribution is 0.190. The summed E-state index contributed by atoms with van der Waals surface area (Å²) in [6, 6.07) is 12.2. The Kier molecular flexibility index (Phi) is 4.36. The minimum atomic E-state index is 0.166. The van der Waals surface area contributed by atoms with Gasteiger partial charge in [-0.3, -0.25) is 4.90 Å². The van der Waals surface area contributed by atoms with Crippen LogP contribution < -0.4 is 4.74 Å². The fourth-order valence-corrected chi connectivity index (χ4v) is 2.83. The second-order valence-corrected chi connectivity index (χ2v) is 5.71. The van der Waals surface area contributed by atoms with Crippen LogP contribution in [0.3, 0.4) is 0 Å². The number of aromatic nitrogens is 2. The van der Waals surface area contributed by atoms with Crippen LogP contribution in [0.4, 0.5) is 0 Å². The highest BCUT2D eigenvalue weighted by atomic mass is 35.5. The zero-order chi connectivity index (χ0) is 14.7. The molecule has 3 rings (SSSR count). The minimum absolute atomic E-state index is 0.166. The quantitative estimate of drug-likeness (QED) is 0.814. The van der Waals surface area contributed by atoms with Gasteiger partial charge in [0.15, 0.2) is 0 Å². The molecule has 110 valence electrons. The third-order valence-electron chi connectivity index (χ3n) is 3.55. The molecule has 1 aliphatic rings. The predicted octanol–water partition coefficient (Wildman–Crippen LogP) is 3.09. The Morgan fingerprint density at radius 2 is 2.10 bits per heavy atom. The maximum Gasteiger partial charge on any atom is 0.218 e. The second-order valence-electron chi connectivity index (χ2n) is 5.33. The largest absolute Gasteiger partial charge is 0.473 e. The molecule has 0 bridgehead atoms. The third-order valence-corrected chi connectivity index (χ3v) is 3.74. The molecule has 2 heterocycles. The first-order valence-electron chi connectivity index (χ1n) is 7.13. The number of rotatable bonds is 4. The van der Waals surface area contributed by atoms with Crippen LogP contribution in [0.2, 0.25) is 5.15 Å². The van der Waals surface area contributed by atoms with E-state index in [4.69, 9.17) is 16.3 Å². The molecule has 1 atom stereocenters. The summed E-state index contributed by atoms with van der Waals surface area (Å²) in [5.41, 5.74) is 1.33. The molecule has 4 nitrogen and oxygen atoms in total. The molecule has 2 aromatic rings. The van der Waals surface area contributed by atoms with Gasteiger partial charge in [-0.2, -0.15) is 4.98 Å². The van der Waals surface area contributed by atoms with Gasteiger partial charge in [-0.05, 0) is 18.9 Å². The Hall–Kier alpha value is -1.65. The zero-order valence-electron chi connectivity index (χ0n) is 12.0. The van der Waals surface area contributed by atoms with Crippen LogP contribution in [0.25, 0.3) is 0 Å². The van der Waals surface area contributed by atoms with Crippen molar-refractivity contribution < 1.29 is 4.74 Å². The zero-order valence-corrected chi connectivity index (χ0v) is 12.8. The summed E-state index contributed by atoms with van der Waals surface area (Å²) in [4.78, 5) is 10.7. The molecular weight excluding hydrogens is 286 g/mol. The average Bonchev–Trinajstić information content (AvgIpc) is 2.86. The van der Waals surface area contributed by atoms with Crippen LogP contribution in [0.15, 0.2) is 36.4 Å². The molecule has 21 heavy (non-hydrogen) atoms. The van der Waals surface area contributed by atoms with Crippen LogP contribution in [0.1, 0.15) is 17.8 Å². The van der Waals surface area contributed by atoms with Gasteiger partial charge in [-0.15, -0.1) is 0 Å². The molecule has 0 aliphatic carbocycles. The highest BCUT2D eigenvalue weighted by Gasteiger charge is 2.24. The Morgan fingerprint density at radius 1 is 1.29 bits per heavy atom. The van der Waals surface area contributed by atoms with Crippen molar-refractivity contribution in [2.24, 2.45) is 0 Å². The molecule has 0 saturated carbocycles. The number of hydrogen-bond acceptors (Lipinski definition) is 4. The standard InChI is InChI=1S/C16H18ClN3O/c1-12-18-15(17)9-16(19-12)21-14-7-8-20(11-14)10-13-5-3-2-4-6-13/h2-6,9,14H,7-8,10-11H2,1H3. The van der Waals surface area contributed by atoms with Gasteiger partial charge in [-0.25, -0.2) is 4.98 Å². The van der Waals surface area contributed by atoms with Crippen LogP contribution in [-0.2, 0) is 6.54 Å². The van der Waals surface area contributed by atoms with Gasteiger partial charge in [0, 0.05) is 25.7 Å². The Balaban J connectivity index is 1.57.